The number of benzene rings is 2. The Morgan fingerprint density at radius 3 is 2.44 bits per heavy atom. The molecule has 0 fully saturated rings. The van der Waals surface area contributed by atoms with Crippen LogP contribution in [0, 0.1) is 6.92 Å². The zero-order chi connectivity index (χ0) is 18.8. The molecule has 0 atom stereocenters. The van der Waals surface area contributed by atoms with Crippen molar-refractivity contribution in [3.8, 4) is 11.5 Å². The van der Waals surface area contributed by atoms with Gasteiger partial charge in [-0.2, -0.15) is 0 Å². The van der Waals surface area contributed by atoms with E-state index in [1.54, 1.807) is 18.4 Å². The molecule has 7 heteroatoms. The van der Waals surface area contributed by atoms with Crippen LogP contribution in [0.5, 0.6) is 0 Å². The molecule has 0 saturated heterocycles. The van der Waals surface area contributed by atoms with Crippen LogP contribution in [-0.4, -0.2) is 16.0 Å². The summed E-state index contributed by atoms with van der Waals surface area (Å²) in [4.78, 5) is 21.4. The predicted molar refractivity (Wildman–Crippen MR) is 109 cm³/mol. The van der Waals surface area contributed by atoms with Crippen molar-refractivity contribution < 1.29 is 9.21 Å². The fourth-order valence-electron chi connectivity index (χ4n) is 2.69. The molecule has 0 bridgehead atoms. The number of amides is 2. The van der Waals surface area contributed by atoms with Gasteiger partial charge in [0.1, 0.15) is 5.69 Å². The average Bonchev–Trinajstić information content (AvgIpc) is 3.18. The Hall–Kier alpha value is -3.19. The summed E-state index contributed by atoms with van der Waals surface area (Å²) in [6.07, 6.45) is 1.60. The molecule has 2 aromatic heterocycles. The minimum absolute atomic E-state index is 0.331. The third-order valence-corrected chi connectivity index (χ3v) is 4.48. The average molecular weight is 423 g/mol. The van der Waals surface area contributed by atoms with Crippen LogP contribution in [-0.2, 0) is 0 Å². The largest absolute Gasteiger partial charge is 0.463 e. The van der Waals surface area contributed by atoms with Crippen LogP contribution in [0.1, 0.15) is 5.69 Å². The summed E-state index contributed by atoms with van der Waals surface area (Å²) < 4.78 is 6.38. The summed E-state index contributed by atoms with van der Waals surface area (Å²) in [5.74, 6) is 0.660. The van der Waals surface area contributed by atoms with E-state index in [9.17, 15) is 4.79 Å². The molecule has 6 nitrogen and oxygen atoms in total. The molecule has 2 N–H and O–H groups in total. The van der Waals surface area contributed by atoms with E-state index in [-0.39, 0.29) is 6.03 Å². The number of nitrogens with one attached hydrogen (secondary N) is 2. The zero-order valence-electron chi connectivity index (χ0n) is 14.4. The van der Waals surface area contributed by atoms with Crippen LogP contribution in [0.2, 0.25) is 0 Å². The van der Waals surface area contributed by atoms with Gasteiger partial charge in [-0.15, -0.1) is 0 Å². The van der Waals surface area contributed by atoms with Gasteiger partial charge in [0.05, 0.1) is 23.0 Å². The number of carbonyl (C=O) groups is 1. The van der Waals surface area contributed by atoms with Crippen LogP contribution < -0.4 is 10.6 Å². The van der Waals surface area contributed by atoms with Gasteiger partial charge in [-0.25, -0.2) is 14.8 Å². The maximum atomic E-state index is 12.2. The fraction of sp³-hybridized carbons (Fsp3) is 0.0500. The molecule has 4 rings (SSSR count). The van der Waals surface area contributed by atoms with Crippen molar-refractivity contribution in [3.05, 3.63) is 71.0 Å². The number of nitrogens with zero attached hydrogens (tertiary/aromatic N) is 2. The van der Waals surface area contributed by atoms with Crippen molar-refractivity contribution in [3.63, 3.8) is 0 Å². The summed E-state index contributed by atoms with van der Waals surface area (Å²) >= 11 is 3.37. The highest BCUT2D eigenvalue weighted by molar-refractivity contribution is 9.10. The molecule has 27 heavy (non-hydrogen) atoms. The number of urea groups is 1. The monoisotopic (exact) mass is 422 g/mol. The predicted octanol–water partition coefficient (Wildman–Crippen LogP) is 5.60. The number of hydrogen-bond donors (Lipinski definition) is 2. The number of rotatable bonds is 3. The van der Waals surface area contributed by atoms with Crippen LogP contribution >= 0.6 is 15.9 Å². The SMILES string of the molecule is Cc1nc2ccc(NC(=O)Nc3ccc(Br)cc3)cc2nc1-c1ccco1. The maximum absolute atomic E-state index is 12.2. The van der Waals surface area contributed by atoms with E-state index < -0.39 is 0 Å². The molecule has 134 valence electrons. The minimum Gasteiger partial charge on any atom is -0.463 e. The van der Waals surface area contributed by atoms with Crippen molar-refractivity contribution in [1.82, 2.24) is 9.97 Å². The number of aromatic nitrogens is 2. The highest BCUT2D eigenvalue weighted by Crippen LogP contribution is 2.25. The Morgan fingerprint density at radius 2 is 1.70 bits per heavy atom. The van der Waals surface area contributed by atoms with Crippen molar-refractivity contribution in [1.29, 1.82) is 0 Å². The van der Waals surface area contributed by atoms with E-state index >= 15 is 0 Å². The normalized spacial score (nSPS) is 10.7. The first-order valence-electron chi connectivity index (χ1n) is 8.24. The molecular formula is C20H15BrN4O2. The molecule has 0 aliphatic carbocycles. The lowest BCUT2D eigenvalue weighted by molar-refractivity contribution is 0.262. The quantitative estimate of drug-likeness (QED) is 0.449. The molecule has 4 aromatic rings. The van der Waals surface area contributed by atoms with Crippen molar-refractivity contribution in [2.75, 3.05) is 10.6 Å². The lowest BCUT2D eigenvalue weighted by atomic mass is 10.2. The van der Waals surface area contributed by atoms with Gasteiger partial charge in [0, 0.05) is 15.8 Å². The molecule has 0 aliphatic heterocycles. The zero-order valence-corrected chi connectivity index (χ0v) is 15.9. The molecule has 0 radical (unpaired) electrons. The summed E-state index contributed by atoms with van der Waals surface area (Å²) in [5.41, 5.74) is 4.22. The summed E-state index contributed by atoms with van der Waals surface area (Å²) in [6.45, 7) is 1.89. The van der Waals surface area contributed by atoms with Gasteiger partial charge in [0.2, 0.25) is 0 Å². The molecule has 0 spiro atoms. The highest BCUT2D eigenvalue weighted by atomic mass is 79.9. The molecule has 2 heterocycles. The lowest BCUT2D eigenvalue weighted by Gasteiger charge is -2.09. The Labute approximate surface area is 163 Å². The Morgan fingerprint density at radius 1 is 0.963 bits per heavy atom. The first-order chi connectivity index (χ1) is 13.1. The van der Waals surface area contributed by atoms with E-state index in [4.69, 9.17) is 4.42 Å². The summed E-state index contributed by atoms with van der Waals surface area (Å²) in [7, 11) is 0. The molecule has 0 aliphatic rings. The number of hydrogen-bond acceptors (Lipinski definition) is 4. The number of aryl methyl sites for hydroxylation is 1. The molecule has 0 saturated carbocycles. The third-order valence-electron chi connectivity index (χ3n) is 3.95. The molecule has 2 amide bonds. The van der Waals surface area contributed by atoms with E-state index in [0.29, 0.717) is 28.3 Å². The smallest absolute Gasteiger partial charge is 0.323 e. The standard InChI is InChI=1S/C20H15BrN4O2/c1-12-19(18-3-2-10-27-18)25-17-11-15(8-9-16(17)22-12)24-20(26)23-14-6-4-13(21)5-7-14/h2-11H,1H3,(H2,23,24,26). The van der Waals surface area contributed by atoms with Crippen molar-refractivity contribution >= 4 is 44.4 Å². The van der Waals surface area contributed by atoms with Crippen LogP contribution in [0.25, 0.3) is 22.5 Å². The Bertz CT molecular complexity index is 1110. The van der Waals surface area contributed by atoms with Gasteiger partial charge in [-0.05, 0) is 61.5 Å². The fourth-order valence-corrected chi connectivity index (χ4v) is 2.96. The van der Waals surface area contributed by atoms with Gasteiger partial charge in [0.15, 0.2) is 5.76 Å². The lowest BCUT2D eigenvalue weighted by Crippen LogP contribution is -2.19. The number of fused-ring (bicyclic) bond motifs is 1. The van der Waals surface area contributed by atoms with Gasteiger partial charge in [-0.3, -0.25) is 0 Å². The summed E-state index contributed by atoms with van der Waals surface area (Å²) in [6, 6.07) is 16.1. The molecule has 2 aromatic carbocycles. The van der Waals surface area contributed by atoms with Gasteiger partial charge in [-0.1, -0.05) is 15.9 Å². The second-order valence-electron chi connectivity index (χ2n) is 5.92. The first-order valence-corrected chi connectivity index (χ1v) is 9.04. The van der Waals surface area contributed by atoms with Crippen molar-refractivity contribution in [2.24, 2.45) is 0 Å². The highest BCUT2D eigenvalue weighted by Gasteiger charge is 2.11. The van der Waals surface area contributed by atoms with E-state index in [1.165, 1.54) is 0 Å². The number of anilines is 2. The van der Waals surface area contributed by atoms with Crippen LogP contribution in [0.3, 0.4) is 0 Å². The van der Waals surface area contributed by atoms with Gasteiger partial charge in [0.25, 0.3) is 0 Å². The molecular weight excluding hydrogens is 408 g/mol. The third kappa shape index (κ3) is 3.83. The van der Waals surface area contributed by atoms with Crippen molar-refractivity contribution in [2.45, 2.75) is 6.92 Å². The first kappa shape index (κ1) is 17.2. The Kier molecular flexibility index (Phi) is 4.60. The number of furan rings is 1. The van der Waals surface area contributed by atoms with E-state index in [2.05, 4.69) is 36.5 Å². The molecule has 0 unspecified atom stereocenters. The second-order valence-corrected chi connectivity index (χ2v) is 6.84. The number of halogens is 1. The van der Waals surface area contributed by atoms with E-state index in [0.717, 1.165) is 15.7 Å². The van der Waals surface area contributed by atoms with Gasteiger partial charge >= 0.3 is 6.03 Å². The van der Waals surface area contributed by atoms with Crippen LogP contribution in [0.15, 0.2) is 69.8 Å². The second kappa shape index (κ2) is 7.20. The number of carbonyl (C=O) groups excluding carboxylic acids is 1. The van der Waals surface area contributed by atoms with Crippen LogP contribution in [0.4, 0.5) is 16.2 Å². The summed E-state index contributed by atoms with van der Waals surface area (Å²) in [5, 5.41) is 5.60. The maximum Gasteiger partial charge on any atom is 0.323 e. The van der Waals surface area contributed by atoms with Gasteiger partial charge < -0.3 is 15.1 Å². The Balaban J connectivity index is 1.58. The topological polar surface area (TPSA) is 80.0 Å². The van der Waals surface area contributed by atoms with E-state index in [1.807, 2.05) is 49.4 Å². The minimum atomic E-state index is -0.331.